The zero-order valence-corrected chi connectivity index (χ0v) is 17.2. The highest BCUT2D eigenvalue weighted by molar-refractivity contribution is 8.15. The van der Waals surface area contributed by atoms with Gasteiger partial charge in [0.05, 0.1) is 12.8 Å². The molecule has 1 atom stereocenters. The summed E-state index contributed by atoms with van der Waals surface area (Å²) >= 11 is 1.20. The number of rotatable bonds is 6. The van der Waals surface area contributed by atoms with E-state index in [1.54, 1.807) is 7.11 Å². The second-order valence-corrected chi connectivity index (χ2v) is 7.72. The first-order valence-electron chi connectivity index (χ1n) is 9.05. The van der Waals surface area contributed by atoms with Gasteiger partial charge in [0, 0.05) is 12.1 Å². The number of hydrogen-bond acceptors (Lipinski definition) is 6. The van der Waals surface area contributed by atoms with Gasteiger partial charge in [-0.2, -0.15) is 5.10 Å². The third-order valence-corrected chi connectivity index (χ3v) is 5.35. The summed E-state index contributed by atoms with van der Waals surface area (Å²) in [4.78, 5) is 24.4. The number of benzene rings is 2. The van der Waals surface area contributed by atoms with Crippen LogP contribution in [-0.4, -0.2) is 35.1 Å². The number of carbonyl (C=O) groups excluding carboxylic acids is 2. The lowest BCUT2D eigenvalue weighted by Crippen LogP contribution is -2.28. The van der Waals surface area contributed by atoms with Crippen LogP contribution in [0, 0.1) is 6.92 Å². The van der Waals surface area contributed by atoms with Crippen molar-refractivity contribution < 1.29 is 14.3 Å². The van der Waals surface area contributed by atoms with E-state index in [0.29, 0.717) is 16.6 Å². The molecular formula is C21H22N4O3S. The van der Waals surface area contributed by atoms with Crippen molar-refractivity contribution in [3.8, 4) is 5.75 Å². The Labute approximate surface area is 173 Å². The number of nitrogens with zero attached hydrogens (tertiary/aromatic N) is 2. The van der Waals surface area contributed by atoms with Crippen LogP contribution in [-0.2, 0) is 9.59 Å². The van der Waals surface area contributed by atoms with Gasteiger partial charge in [-0.1, -0.05) is 29.5 Å². The SMILES string of the molecule is COc1ccc(/C(C)=N\N=C2/NC(=O)[C@H](CC(=O)Nc3ccc(C)cc3)S2)cc1. The predicted octanol–water partition coefficient (Wildman–Crippen LogP) is 3.34. The van der Waals surface area contributed by atoms with Gasteiger partial charge in [-0.25, -0.2) is 0 Å². The lowest BCUT2D eigenvalue weighted by atomic mass is 10.1. The van der Waals surface area contributed by atoms with Crippen molar-refractivity contribution in [2.45, 2.75) is 25.5 Å². The molecule has 2 amide bonds. The number of methoxy groups -OCH3 is 1. The first-order chi connectivity index (χ1) is 13.9. The van der Waals surface area contributed by atoms with E-state index in [0.717, 1.165) is 16.9 Å². The number of amidine groups is 1. The van der Waals surface area contributed by atoms with Gasteiger partial charge in [0.15, 0.2) is 5.17 Å². The van der Waals surface area contributed by atoms with E-state index in [4.69, 9.17) is 4.74 Å². The summed E-state index contributed by atoms with van der Waals surface area (Å²) in [5.74, 6) is 0.295. The summed E-state index contributed by atoms with van der Waals surface area (Å²) in [7, 11) is 1.61. The number of thioether (sulfide) groups is 1. The maximum Gasteiger partial charge on any atom is 0.240 e. The lowest BCUT2D eigenvalue weighted by molar-refractivity contribution is -0.122. The molecule has 150 valence electrons. The molecule has 1 heterocycles. The molecule has 1 fully saturated rings. The van der Waals surface area contributed by atoms with Crippen LogP contribution in [0.2, 0.25) is 0 Å². The zero-order valence-electron chi connectivity index (χ0n) is 16.4. The Kier molecular flexibility index (Phi) is 6.66. The van der Waals surface area contributed by atoms with Gasteiger partial charge in [-0.05, 0) is 55.8 Å². The first kappa shape index (κ1) is 20.6. The van der Waals surface area contributed by atoms with Crippen LogP contribution in [0.25, 0.3) is 0 Å². The number of aryl methyl sites for hydroxylation is 1. The molecule has 2 N–H and O–H groups in total. The van der Waals surface area contributed by atoms with E-state index < -0.39 is 5.25 Å². The monoisotopic (exact) mass is 410 g/mol. The van der Waals surface area contributed by atoms with Gasteiger partial charge in [-0.15, -0.1) is 5.10 Å². The molecule has 0 spiro atoms. The quantitative estimate of drug-likeness (QED) is 0.564. The van der Waals surface area contributed by atoms with Crippen LogP contribution in [0.4, 0.5) is 5.69 Å². The molecule has 7 nitrogen and oxygen atoms in total. The van der Waals surface area contributed by atoms with Crippen molar-refractivity contribution in [1.82, 2.24) is 5.32 Å². The van der Waals surface area contributed by atoms with Crippen LogP contribution in [0.3, 0.4) is 0 Å². The van der Waals surface area contributed by atoms with Gasteiger partial charge in [0.25, 0.3) is 0 Å². The molecule has 8 heteroatoms. The van der Waals surface area contributed by atoms with E-state index in [-0.39, 0.29) is 18.2 Å². The number of nitrogens with one attached hydrogen (secondary N) is 2. The maximum absolute atomic E-state index is 12.2. The van der Waals surface area contributed by atoms with Gasteiger partial charge in [-0.3, -0.25) is 9.59 Å². The van der Waals surface area contributed by atoms with Crippen LogP contribution in [0.5, 0.6) is 5.75 Å². The van der Waals surface area contributed by atoms with Crippen molar-refractivity contribution in [1.29, 1.82) is 0 Å². The van der Waals surface area contributed by atoms with Gasteiger partial charge in [0.2, 0.25) is 11.8 Å². The normalized spacial score (nSPS) is 17.9. The van der Waals surface area contributed by atoms with Gasteiger partial charge >= 0.3 is 0 Å². The summed E-state index contributed by atoms with van der Waals surface area (Å²) in [5.41, 5.74) is 3.42. The largest absolute Gasteiger partial charge is 0.497 e. The Balaban J connectivity index is 1.58. The van der Waals surface area contributed by atoms with Crippen LogP contribution >= 0.6 is 11.8 Å². The number of hydrogen-bond donors (Lipinski definition) is 2. The zero-order chi connectivity index (χ0) is 20.8. The summed E-state index contributed by atoms with van der Waals surface area (Å²) in [6.07, 6.45) is 0.0601. The van der Waals surface area contributed by atoms with Crippen LogP contribution in [0.15, 0.2) is 58.7 Å². The molecule has 3 rings (SSSR count). The van der Waals surface area contributed by atoms with Crippen LogP contribution in [0.1, 0.15) is 24.5 Å². The second kappa shape index (κ2) is 9.38. The van der Waals surface area contributed by atoms with Crippen LogP contribution < -0.4 is 15.4 Å². The van der Waals surface area contributed by atoms with Crippen molar-refractivity contribution in [2.75, 3.05) is 12.4 Å². The molecule has 0 aromatic heterocycles. The number of ether oxygens (including phenoxy) is 1. The summed E-state index contributed by atoms with van der Waals surface area (Å²) in [6.45, 7) is 3.81. The standard InChI is InChI=1S/C21H22N4O3S/c1-13-4-8-16(9-5-13)22-19(26)12-18-20(27)23-21(29-18)25-24-14(2)15-6-10-17(28-3)11-7-15/h4-11,18H,12H2,1-3H3,(H,22,26)(H,23,25,27)/b24-14-/t18-/m0/s1. The van der Waals surface area contributed by atoms with Crippen molar-refractivity contribution in [3.63, 3.8) is 0 Å². The molecular weight excluding hydrogens is 388 g/mol. The van der Waals surface area contributed by atoms with E-state index >= 15 is 0 Å². The van der Waals surface area contributed by atoms with E-state index in [9.17, 15) is 9.59 Å². The van der Waals surface area contributed by atoms with Gasteiger partial charge in [0.1, 0.15) is 11.0 Å². The fourth-order valence-electron chi connectivity index (χ4n) is 2.61. The minimum atomic E-state index is -0.532. The smallest absolute Gasteiger partial charge is 0.240 e. The Morgan fingerprint density at radius 3 is 2.52 bits per heavy atom. The van der Waals surface area contributed by atoms with E-state index in [1.807, 2.05) is 62.4 Å². The Morgan fingerprint density at radius 1 is 1.17 bits per heavy atom. The number of carbonyl (C=O) groups is 2. The molecule has 0 radical (unpaired) electrons. The summed E-state index contributed by atoms with van der Waals surface area (Å²) in [5, 5.41) is 13.6. The minimum Gasteiger partial charge on any atom is -0.497 e. The fourth-order valence-corrected chi connectivity index (χ4v) is 3.53. The minimum absolute atomic E-state index is 0.0601. The van der Waals surface area contributed by atoms with E-state index in [2.05, 4.69) is 20.8 Å². The molecule has 2 aromatic rings. The Bertz CT molecular complexity index is 953. The highest BCUT2D eigenvalue weighted by atomic mass is 32.2. The predicted molar refractivity (Wildman–Crippen MR) is 117 cm³/mol. The molecule has 2 aromatic carbocycles. The van der Waals surface area contributed by atoms with Gasteiger partial charge < -0.3 is 15.4 Å². The fraction of sp³-hybridized carbons (Fsp3) is 0.238. The average molecular weight is 410 g/mol. The Hall–Kier alpha value is -3.13. The molecule has 0 unspecified atom stereocenters. The average Bonchev–Trinajstić information content (AvgIpc) is 3.07. The summed E-state index contributed by atoms with van der Waals surface area (Å²) < 4.78 is 5.14. The highest BCUT2D eigenvalue weighted by Crippen LogP contribution is 2.23. The lowest BCUT2D eigenvalue weighted by Gasteiger charge is -2.07. The molecule has 1 aliphatic rings. The molecule has 0 saturated carbocycles. The van der Waals surface area contributed by atoms with Crippen molar-refractivity contribution in [3.05, 3.63) is 59.7 Å². The number of amides is 2. The Morgan fingerprint density at radius 2 is 1.86 bits per heavy atom. The molecule has 0 bridgehead atoms. The summed E-state index contributed by atoms with van der Waals surface area (Å²) in [6, 6.07) is 15.0. The molecule has 1 saturated heterocycles. The number of anilines is 1. The van der Waals surface area contributed by atoms with Crippen molar-refractivity contribution >= 4 is 40.1 Å². The highest BCUT2D eigenvalue weighted by Gasteiger charge is 2.32. The first-order valence-corrected chi connectivity index (χ1v) is 9.93. The van der Waals surface area contributed by atoms with Crippen molar-refractivity contribution in [2.24, 2.45) is 10.2 Å². The molecule has 1 aliphatic heterocycles. The third-order valence-electron chi connectivity index (χ3n) is 4.28. The second-order valence-electron chi connectivity index (χ2n) is 6.53. The molecule has 29 heavy (non-hydrogen) atoms. The maximum atomic E-state index is 12.2. The topological polar surface area (TPSA) is 92.2 Å². The van der Waals surface area contributed by atoms with E-state index in [1.165, 1.54) is 11.8 Å². The third kappa shape index (κ3) is 5.68. The molecule has 0 aliphatic carbocycles.